The van der Waals surface area contributed by atoms with Gasteiger partial charge >= 0.3 is 15.5 Å². The van der Waals surface area contributed by atoms with Gasteiger partial charge in [0, 0.05) is 45.9 Å². The molecular weight excluding hydrogens is 536 g/mol. The van der Waals surface area contributed by atoms with E-state index in [1.165, 1.54) is 12.8 Å². The van der Waals surface area contributed by atoms with E-state index < -0.39 is 15.5 Å². The van der Waals surface area contributed by atoms with Crippen LogP contribution in [0.5, 0.6) is 0 Å². The number of aliphatic imine (C=N–C) groups is 1. The van der Waals surface area contributed by atoms with Crippen molar-refractivity contribution in [3.63, 3.8) is 0 Å². The highest BCUT2D eigenvalue weighted by molar-refractivity contribution is 14.0. The number of piperidine rings is 1. The highest BCUT2D eigenvalue weighted by Gasteiger charge is 2.50. The number of halogens is 4. The molecule has 2 rings (SSSR count). The molecule has 0 amide bonds. The number of nitrogens with zero attached hydrogens (tertiary/aromatic N) is 2. The molecule has 2 aliphatic rings. The Labute approximate surface area is 194 Å². The Bertz CT molecular complexity index is 648. The van der Waals surface area contributed by atoms with Crippen LogP contribution in [-0.4, -0.2) is 70.1 Å². The Hall–Kier alpha value is -0.340. The maximum Gasteiger partial charge on any atom is 0.511 e. The van der Waals surface area contributed by atoms with Crippen molar-refractivity contribution in [1.29, 1.82) is 0 Å². The van der Waals surface area contributed by atoms with Crippen LogP contribution in [0.3, 0.4) is 0 Å². The molecule has 2 fully saturated rings. The third kappa shape index (κ3) is 7.37. The van der Waals surface area contributed by atoms with Crippen LogP contribution < -0.4 is 10.6 Å². The molecule has 1 heterocycles. The first-order valence-electron chi connectivity index (χ1n) is 10.2. The van der Waals surface area contributed by atoms with E-state index in [-0.39, 0.29) is 48.5 Å². The van der Waals surface area contributed by atoms with Crippen molar-refractivity contribution in [3.05, 3.63) is 0 Å². The highest BCUT2D eigenvalue weighted by Crippen LogP contribution is 2.40. The van der Waals surface area contributed by atoms with Gasteiger partial charge in [0.1, 0.15) is 0 Å². The van der Waals surface area contributed by atoms with E-state index in [4.69, 9.17) is 4.74 Å². The number of rotatable bonds is 8. The van der Waals surface area contributed by atoms with E-state index >= 15 is 0 Å². The summed E-state index contributed by atoms with van der Waals surface area (Å²) in [4.78, 5) is 4.23. The van der Waals surface area contributed by atoms with Gasteiger partial charge in [-0.3, -0.25) is 4.99 Å². The molecule has 0 radical (unpaired) electrons. The SMILES string of the molecule is CCOCCC1(CNC(=NC)NC2CCN(S(=O)(=O)C(F)(F)F)CC2)CCCC1.I. The molecule has 0 aromatic heterocycles. The molecule has 178 valence electrons. The standard InChI is InChI=1S/C18H33F3N4O3S.HI/c1-3-28-13-10-17(8-4-5-9-17)14-23-16(22-2)24-15-6-11-25(12-7-15)29(26,27)18(19,20)21;/h15H,3-14H2,1-2H3,(H2,22,23,24);1H. The fourth-order valence-electron chi connectivity index (χ4n) is 4.12. The van der Waals surface area contributed by atoms with Crippen LogP contribution in [0.1, 0.15) is 51.9 Å². The van der Waals surface area contributed by atoms with Crippen LogP contribution >= 0.6 is 24.0 Å². The zero-order valence-electron chi connectivity index (χ0n) is 17.6. The van der Waals surface area contributed by atoms with Crippen molar-refractivity contribution < 1.29 is 26.3 Å². The molecule has 0 aromatic rings. The molecule has 12 heteroatoms. The summed E-state index contributed by atoms with van der Waals surface area (Å²) in [5, 5.41) is 6.59. The van der Waals surface area contributed by atoms with Crippen LogP contribution in [0, 0.1) is 5.41 Å². The summed E-state index contributed by atoms with van der Waals surface area (Å²) in [5.41, 5.74) is -5.07. The van der Waals surface area contributed by atoms with E-state index in [1.807, 2.05) is 6.92 Å². The third-order valence-corrected chi connectivity index (χ3v) is 7.56. The molecule has 1 aliphatic heterocycles. The predicted octanol–water partition coefficient (Wildman–Crippen LogP) is 3.07. The van der Waals surface area contributed by atoms with E-state index in [2.05, 4.69) is 15.6 Å². The Morgan fingerprint density at radius 1 is 1.23 bits per heavy atom. The summed E-state index contributed by atoms with van der Waals surface area (Å²) < 4.78 is 67.2. The summed E-state index contributed by atoms with van der Waals surface area (Å²) in [6.07, 6.45) is 6.25. The molecule has 30 heavy (non-hydrogen) atoms. The first-order chi connectivity index (χ1) is 13.6. The predicted molar refractivity (Wildman–Crippen MR) is 121 cm³/mol. The van der Waals surface area contributed by atoms with Gasteiger partial charge in [-0.25, -0.2) is 8.42 Å². The molecule has 0 aromatic carbocycles. The number of ether oxygens (including phenoxy) is 1. The Morgan fingerprint density at radius 2 is 1.83 bits per heavy atom. The molecule has 0 spiro atoms. The number of alkyl halides is 3. The smallest absolute Gasteiger partial charge is 0.382 e. The van der Waals surface area contributed by atoms with Gasteiger partial charge in [-0.2, -0.15) is 17.5 Å². The number of nitrogens with one attached hydrogen (secondary N) is 2. The van der Waals surface area contributed by atoms with Crippen molar-refractivity contribution in [2.45, 2.75) is 63.4 Å². The summed E-state index contributed by atoms with van der Waals surface area (Å²) in [5.74, 6) is 0.602. The topological polar surface area (TPSA) is 83.0 Å². The largest absolute Gasteiger partial charge is 0.511 e. The lowest BCUT2D eigenvalue weighted by molar-refractivity contribution is -0.0494. The maximum absolute atomic E-state index is 12.7. The number of sulfonamides is 1. The lowest BCUT2D eigenvalue weighted by Crippen LogP contribution is -2.52. The number of guanidine groups is 1. The summed E-state index contributed by atoms with van der Waals surface area (Å²) in [6.45, 7) is 3.87. The second-order valence-corrected chi connectivity index (χ2v) is 9.78. The van der Waals surface area contributed by atoms with Crippen LogP contribution in [0.4, 0.5) is 13.2 Å². The lowest BCUT2D eigenvalue weighted by Gasteiger charge is -2.34. The molecule has 1 saturated heterocycles. The average Bonchev–Trinajstić information content (AvgIpc) is 3.14. The van der Waals surface area contributed by atoms with Crippen LogP contribution in [-0.2, 0) is 14.8 Å². The van der Waals surface area contributed by atoms with Crippen LogP contribution in [0.15, 0.2) is 4.99 Å². The van der Waals surface area contributed by atoms with Gasteiger partial charge in [-0.15, -0.1) is 24.0 Å². The summed E-state index contributed by atoms with van der Waals surface area (Å²) >= 11 is 0. The molecular formula is C18H34F3IN4O3S. The van der Waals surface area contributed by atoms with Crippen LogP contribution in [0.25, 0.3) is 0 Å². The monoisotopic (exact) mass is 570 g/mol. The van der Waals surface area contributed by atoms with Gasteiger partial charge in [0.25, 0.3) is 0 Å². The zero-order chi connectivity index (χ0) is 21.5. The fraction of sp³-hybridized carbons (Fsp3) is 0.944. The molecule has 0 bridgehead atoms. The Kier molecular flexibility index (Phi) is 11.1. The van der Waals surface area contributed by atoms with Crippen molar-refractivity contribution in [3.8, 4) is 0 Å². The fourth-order valence-corrected chi connectivity index (χ4v) is 5.10. The van der Waals surface area contributed by atoms with Crippen LogP contribution in [0.2, 0.25) is 0 Å². The van der Waals surface area contributed by atoms with E-state index in [9.17, 15) is 21.6 Å². The molecule has 1 saturated carbocycles. The van der Waals surface area contributed by atoms with Gasteiger partial charge in [0.2, 0.25) is 0 Å². The van der Waals surface area contributed by atoms with Gasteiger partial charge in [-0.05, 0) is 44.4 Å². The maximum atomic E-state index is 12.7. The second kappa shape index (κ2) is 12.0. The van der Waals surface area contributed by atoms with Gasteiger partial charge < -0.3 is 15.4 Å². The minimum Gasteiger partial charge on any atom is -0.382 e. The van der Waals surface area contributed by atoms with Crippen molar-refractivity contribution >= 4 is 40.0 Å². The van der Waals surface area contributed by atoms with E-state index in [0.29, 0.717) is 29.7 Å². The second-order valence-electron chi connectivity index (χ2n) is 7.85. The van der Waals surface area contributed by atoms with E-state index in [0.717, 1.165) is 32.4 Å². The van der Waals surface area contributed by atoms with Gasteiger partial charge in [-0.1, -0.05) is 12.8 Å². The minimum atomic E-state index is -5.25. The van der Waals surface area contributed by atoms with E-state index in [1.54, 1.807) is 7.05 Å². The Balaban J connectivity index is 0.00000450. The zero-order valence-corrected chi connectivity index (χ0v) is 20.8. The number of hydrogen-bond donors (Lipinski definition) is 2. The number of hydrogen-bond acceptors (Lipinski definition) is 4. The highest BCUT2D eigenvalue weighted by atomic mass is 127. The minimum absolute atomic E-state index is 0. The lowest BCUT2D eigenvalue weighted by atomic mass is 9.83. The summed E-state index contributed by atoms with van der Waals surface area (Å²) in [7, 11) is -3.60. The van der Waals surface area contributed by atoms with Crippen molar-refractivity contribution in [2.24, 2.45) is 10.4 Å². The van der Waals surface area contributed by atoms with Crippen molar-refractivity contribution in [2.75, 3.05) is 39.9 Å². The normalized spacial score (nSPS) is 21.3. The quantitative estimate of drug-likeness (QED) is 0.203. The first-order valence-corrected chi connectivity index (χ1v) is 11.7. The molecule has 7 nitrogen and oxygen atoms in total. The summed E-state index contributed by atoms with van der Waals surface area (Å²) in [6, 6.07) is -0.121. The average molecular weight is 570 g/mol. The van der Waals surface area contributed by atoms with Crippen molar-refractivity contribution in [1.82, 2.24) is 14.9 Å². The van der Waals surface area contributed by atoms with Gasteiger partial charge in [0.05, 0.1) is 0 Å². The molecule has 0 unspecified atom stereocenters. The molecule has 1 aliphatic carbocycles. The molecule has 2 N–H and O–H groups in total. The third-order valence-electron chi connectivity index (χ3n) is 5.93. The Morgan fingerprint density at radius 3 is 2.33 bits per heavy atom. The van der Waals surface area contributed by atoms with Gasteiger partial charge in [0.15, 0.2) is 5.96 Å². The molecule has 0 atom stereocenters. The first kappa shape index (κ1) is 27.7.